The number of carbonyl (C=O) groups excluding carboxylic acids is 1. The van der Waals surface area contributed by atoms with Crippen molar-refractivity contribution in [2.24, 2.45) is 0 Å². The summed E-state index contributed by atoms with van der Waals surface area (Å²) in [7, 11) is 0. The van der Waals surface area contributed by atoms with Crippen molar-refractivity contribution in [3.05, 3.63) is 17.6 Å². The van der Waals surface area contributed by atoms with Crippen molar-refractivity contribution in [3.8, 4) is 0 Å². The third-order valence-corrected chi connectivity index (χ3v) is 3.53. The second-order valence-corrected chi connectivity index (χ2v) is 4.76. The second kappa shape index (κ2) is 7.08. The lowest BCUT2D eigenvalue weighted by molar-refractivity contribution is -0.127. The van der Waals surface area contributed by atoms with E-state index in [2.05, 4.69) is 9.97 Å². The van der Waals surface area contributed by atoms with Gasteiger partial charge in [-0.3, -0.25) is 4.79 Å². The third-order valence-electron chi connectivity index (χ3n) is 2.55. The number of nitrogens with zero attached hydrogens (tertiary/aromatic N) is 3. The van der Waals surface area contributed by atoms with Crippen LogP contribution in [0.2, 0.25) is 0 Å². The normalized spacial score (nSPS) is 10.3. The minimum atomic E-state index is -1.09. The summed E-state index contributed by atoms with van der Waals surface area (Å²) < 4.78 is 0. The Kier molecular flexibility index (Phi) is 5.75. The van der Waals surface area contributed by atoms with E-state index >= 15 is 0 Å². The van der Waals surface area contributed by atoms with Crippen molar-refractivity contribution < 1.29 is 14.7 Å². The highest BCUT2D eigenvalue weighted by atomic mass is 32.2. The van der Waals surface area contributed by atoms with Gasteiger partial charge in [0.15, 0.2) is 0 Å². The van der Waals surface area contributed by atoms with E-state index in [0.29, 0.717) is 23.9 Å². The molecule has 6 nitrogen and oxygen atoms in total. The SMILES string of the molecule is CCN(CC)C(=O)CSc1nc(C)ncc1C(=O)O. The average Bonchev–Trinajstić information content (AvgIpc) is 2.37. The van der Waals surface area contributed by atoms with Crippen LogP contribution in [0.5, 0.6) is 0 Å². The molecule has 1 amide bonds. The zero-order valence-corrected chi connectivity index (χ0v) is 12.0. The minimum absolute atomic E-state index is 0.0254. The number of carboxylic acids is 1. The Morgan fingerprint density at radius 2 is 2.00 bits per heavy atom. The topological polar surface area (TPSA) is 83.4 Å². The second-order valence-electron chi connectivity index (χ2n) is 3.80. The van der Waals surface area contributed by atoms with Crippen molar-refractivity contribution in [1.29, 1.82) is 0 Å². The first kappa shape index (κ1) is 15.4. The van der Waals surface area contributed by atoms with Gasteiger partial charge >= 0.3 is 5.97 Å². The molecule has 0 saturated heterocycles. The number of carboxylic acid groups (broad SMARTS) is 1. The molecule has 1 rings (SSSR count). The molecule has 0 aliphatic heterocycles. The third kappa shape index (κ3) is 4.20. The van der Waals surface area contributed by atoms with Gasteiger partial charge in [-0.1, -0.05) is 11.8 Å². The standard InChI is InChI=1S/C12H17N3O3S/c1-4-15(5-2)10(16)7-19-11-9(12(17)18)6-13-8(3)14-11/h6H,4-5,7H2,1-3H3,(H,17,18). The van der Waals surface area contributed by atoms with Crippen LogP contribution in [0.3, 0.4) is 0 Å². The van der Waals surface area contributed by atoms with Gasteiger partial charge in [-0.05, 0) is 20.8 Å². The van der Waals surface area contributed by atoms with Gasteiger partial charge in [0.25, 0.3) is 0 Å². The fraction of sp³-hybridized carbons (Fsp3) is 0.500. The molecule has 1 aromatic rings. The van der Waals surface area contributed by atoms with Gasteiger partial charge in [-0.15, -0.1) is 0 Å². The summed E-state index contributed by atoms with van der Waals surface area (Å²) in [4.78, 5) is 32.5. The van der Waals surface area contributed by atoms with E-state index in [0.717, 1.165) is 11.8 Å². The lowest BCUT2D eigenvalue weighted by Gasteiger charge is -2.18. The van der Waals surface area contributed by atoms with Crippen molar-refractivity contribution in [2.45, 2.75) is 25.8 Å². The molecule has 0 radical (unpaired) electrons. The Balaban J connectivity index is 2.79. The van der Waals surface area contributed by atoms with E-state index in [1.807, 2.05) is 13.8 Å². The summed E-state index contributed by atoms with van der Waals surface area (Å²) in [5, 5.41) is 9.37. The molecular formula is C12H17N3O3S. The molecule has 0 fully saturated rings. The van der Waals surface area contributed by atoms with E-state index in [1.165, 1.54) is 6.20 Å². The average molecular weight is 283 g/mol. The van der Waals surface area contributed by atoms with E-state index in [1.54, 1.807) is 11.8 Å². The maximum atomic E-state index is 11.9. The molecule has 1 heterocycles. The largest absolute Gasteiger partial charge is 0.478 e. The Labute approximate surface area is 116 Å². The number of rotatable bonds is 6. The van der Waals surface area contributed by atoms with Crippen LogP contribution < -0.4 is 0 Å². The fourth-order valence-electron chi connectivity index (χ4n) is 1.50. The maximum absolute atomic E-state index is 11.9. The quantitative estimate of drug-likeness (QED) is 0.628. The molecule has 0 saturated carbocycles. The molecular weight excluding hydrogens is 266 g/mol. The Bertz CT molecular complexity index is 475. The Hall–Kier alpha value is -1.63. The van der Waals surface area contributed by atoms with Gasteiger partial charge in [-0.25, -0.2) is 14.8 Å². The minimum Gasteiger partial charge on any atom is -0.478 e. The van der Waals surface area contributed by atoms with Gasteiger partial charge in [0.1, 0.15) is 16.4 Å². The van der Waals surface area contributed by atoms with Crippen LogP contribution in [-0.4, -0.2) is 50.7 Å². The van der Waals surface area contributed by atoms with Crippen molar-refractivity contribution in [3.63, 3.8) is 0 Å². The number of hydrogen-bond donors (Lipinski definition) is 1. The van der Waals surface area contributed by atoms with Crippen LogP contribution >= 0.6 is 11.8 Å². The molecule has 0 bridgehead atoms. The summed E-state index contributed by atoms with van der Waals surface area (Å²) in [6.45, 7) is 6.78. The van der Waals surface area contributed by atoms with Crippen LogP contribution in [-0.2, 0) is 4.79 Å². The number of amides is 1. The number of hydrogen-bond acceptors (Lipinski definition) is 5. The number of aromatic nitrogens is 2. The molecule has 7 heteroatoms. The predicted octanol–water partition coefficient (Wildman–Crippen LogP) is 1.44. The van der Waals surface area contributed by atoms with Crippen LogP contribution in [0.4, 0.5) is 0 Å². The first-order valence-corrected chi connectivity index (χ1v) is 6.95. The highest BCUT2D eigenvalue weighted by Crippen LogP contribution is 2.20. The molecule has 0 spiro atoms. The van der Waals surface area contributed by atoms with E-state index in [9.17, 15) is 9.59 Å². The molecule has 1 N–H and O–H groups in total. The highest BCUT2D eigenvalue weighted by molar-refractivity contribution is 8.00. The lowest BCUT2D eigenvalue weighted by atomic mass is 10.3. The lowest BCUT2D eigenvalue weighted by Crippen LogP contribution is -2.31. The molecule has 0 aromatic carbocycles. The summed E-state index contributed by atoms with van der Waals surface area (Å²) in [6, 6.07) is 0. The molecule has 0 unspecified atom stereocenters. The van der Waals surface area contributed by atoms with Crippen LogP contribution in [0.1, 0.15) is 30.0 Å². The van der Waals surface area contributed by atoms with Crippen LogP contribution in [0, 0.1) is 6.92 Å². The number of carbonyl (C=O) groups is 2. The van der Waals surface area contributed by atoms with Crippen molar-refractivity contribution in [1.82, 2.24) is 14.9 Å². The summed E-state index contributed by atoms with van der Waals surface area (Å²) in [5.41, 5.74) is 0.0305. The van der Waals surface area contributed by atoms with E-state index in [4.69, 9.17) is 5.11 Å². The first-order chi connectivity index (χ1) is 8.99. The number of aryl methyl sites for hydroxylation is 1. The Morgan fingerprint density at radius 1 is 1.37 bits per heavy atom. The first-order valence-electron chi connectivity index (χ1n) is 5.97. The van der Waals surface area contributed by atoms with Gasteiger partial charge in [0, 0.05) is 19.3 Å². The molecule has 0 aliphatic rings. The maximum Gasteiger partial charge on any atom is 0.340 e. The summed E-state index contributed by atoms with van der Waals surface area (Å²) in [6.07, 6.45) is 1.27. The van der Waals surface area contributed by atoms with Gasteiger partial charge in [0.2, 0.25) is 5.91 Å². The zero-order chi connectivity index (χ0) is 14.4. The molecule has 0 aliphatic carbocycles. The molecule has 19 heavy (non-hydrogen) atoms. The monoisotopic (exact) mass is 283 g/mol. The highest BCUT2D eigenvalue weighted by Gasteiger charge is 2.16. The van der Waals surface area contributed by atoms with E-state index < -0.39 is 5.97 Å². The predicted molar refractivity (Wildman–Crippen MR) is 72.4 cm³/mol. The zero-order valence-electron chi connectivity index (χ0n) is 11.2. The van der Waals surface area contributed by atoms with Gasteiger partial charge in [-0.2, -0.15) is 0 Å². The van der Waals surface area contributed by atoms with Crippen LogP contribution in [0.15, 0.2) is 11.2 Å². The van der Waals surface area contributed by atoms with Gasteiger partial charge in [0.05, 0.1) is 5.75 Å². The number of thioether (sulfide) groups is 1. The molecule has 0 atom stereocenters. The van der Waals surface area contributed by atoms with Gasteiger partial charge < -0.3 is 10.0 Å². The smallest absolute Gasteiger partial charge is 0.340 e. The van der Waals surface area contributed by atoms with Crippen molar-refractivity contribution >= 4 is 23.6 Å². The summed E-state index contributed by atoms with van der Waals surface area (Å²) in [5.74, 6) is -0.443. The number of aromatic carboxylic acids is 1. The Morgan fingerprint density at radius 3 is 2.53 bits per heavy atom. The van der Waals surface area contributed by atoms with Crippen LogP contribution in [0.25, 0.3) is 0 Å². The fourth-order valence-corrected chi connectivity index (χ4v) is 2.44. The van der Waals surface area contributed by atoms with Crippen molar-refractivity contribution in [2.75, 3.05) is 18.8 Å². The molecule has 104 valence electrons. The summed E-state index contributed by atoms with van der Waals surface area (Å²) >= 11 is 1.13. The molecule has 1 aromatic heterocycles. The van der Waals surface area contributed by atoms with E-state index in [-0.39, 0.29) is 17.2 Å².